The summed E-state index contributed by atoms with van der Waals surface area (Å²) in [6, 6.07) is 2.72. The van der Waals surface area contributed by atoms with Gasteiger partial charge in [-0.25, -0.2) is 17.2 Å². The number of alkyl halides is 6. The molecule has 1 N–H and O–H groups in total. The van der Waals surface area contributed by atoms with E-state index >= 15 is 8.78 Å². The molecule has 1 heterocycles. The molecule has 0 spiro atoms. The van der Waals surface area contributed by atoms with Gasteiger partial charge in [0.25, 0.3) is 5.60 Å². The second kappa shape index (κ2) is 11.2. The molecule has 0 atom stereocenters. The van der Waals surface area contributed by atoms with Crippen LogP contribution in [0.4, 0.5) is 35.1 Å². The average molecular weight is 603 g/mol. The molecule has 1 aliphatic heterocycles. The van der Waals surface area contributed by atoms with Gasteiger partial charge < -0.3 is 5.11 Å². The minimum absolute atomic E-state index is 0.0176. The van der Waals surface area contributed by atoms with Crippen LogP contribution in [0.5, 0.6) is 0 Å². The number of nitrogens with zero attached hydrogens (tertiary/aromatic N) is 2. The quantitative estimate of drug-likeness (QED) is 0.413. The molecule has 1 fully saturated rings. The molecule has 5 nitrogen and oxygen atoms in total. The Balaban J connectivity index is 2.09. The normalized spacial score (nSPS) is 16.6. The highest BCUT2D eigenvalue weighted by molar-refractivity contribution is 7.88. The van der Waals surface area contributed by atoms with Crippen LogP contribution in [0.2, 0.25) is 0 Å². The number of benzene rings is 2. The molecule has 224 valence electrons. The number of rotatable bonds is 7. The van der Waals surface area contributed by atoms with Crippen LogP contribution in [0.25, 0.3) is 11.1 Å². The maximum atomic E-state index is 15.8. The molecule has 2 aromatic rings. The average Bonchev–Trinajstić information content (AvgIpc) is 2.83. The molecule has 14 heteroatoms. The van der Waals surface area contributed by atoms with Gasteiger partial charge in [0.15, 0.2) is 0 Å². The van der Waals surface area contributed by atoms with E-state index in [4.69, 9.17) is 0 Å². The lowest BCUT2D eigenvalue weighted by atomic mass is 9.84. The monoisotopic (exact) mass is 602 g/mol. The molecule has 0 amide bonds. The molecule has 0 unspecified atom stereocenters. The van der Waals surface area contributed by atoms with E-state index in [9.17, 15) is 39.9 Å². The summed E-state index contributed by atoms with van der Waals surface area (Å²) in [6.45, 7) is 5.43. The van der Waals surface area contributed by atoms with Crippen LogP contribution in [-0.2, 0) is 28.6 Å². The Hall–Kier alpha value is -2.29. The summed E-state index contributed by atoms with van der Waals surface area (Å²) in [5.74, 6) is -2.32. The zero-order chi connectivity index (χ0) is 30.4. The molecule has 40 heavy (non-hydrogen) atoms. The molecule has 3 rings (SSSR count). The third-order valence-corrected chi connectivity index (χ3v) is 8.40. The van der Waals surface area contributed by atoms with Gasteiger partial charge >= 0.3 is 12.4 Å². The summed E-state index contributed by atoms with van der Waals surface area (Å²) in [7, 11) is -3.39. The van der Waals surface area contributed by atoms with E-state index in [0.717, 1.165) is 18.4 Å². The van der Waals surface area contributed by atoms with E-state index in [2.05, 4.69) is 0 Å². The van der Waals surface area contributed by atoms with E-state index in [-0.39, 0.29) is 67.0 Å². The SMILES string of the molecule is CCc1cc(C(O)(C(F)(F)F)C(F)(F)F)ccc1-c1c(F)cc(CN2CCN(S(C)(=O)=O)CC2)c(F)c1C(C)C. The fraction of sp³-hybridized carbons (Fsp3) is 0.538. The summed E-state index contributed by atoms with van der Waals surface area (Å²) >= 11 is 0. The highest BCUT2D eigenvalue weighted by Crippen LogP contribution is 2.51. The van der Waals surface area contributed by atoms with Crippen molar-refractivity contribution in [1.29, 1.82) is 0 Å². The van der Waals surface area contributed by atoms with Crippen molar-refractivity contribution in [2.75, 3.05) is 32.4 Å². The number of hydrogen-bond donors (Lipinski definition) is 1. The van der Waals surface area contributed by atoms with Gasteiger partial charge in [0, 0.05) is 55.0 Å². The van der Waals surface area contributed by atoms with Crippen LogP contribution in [-0.4, -0.2) is 67.5 Å². The minimum Gasteiger partial charge on any atom is -0.369 e. The fourth-order valence-corrected chi connectivity index (χ4v) is 5.76. The smallest absolute Gasteiger partial charge is 0.369 e. The van der Waals surface area contributed by atoms with Crippen LogP contribution < -0.4 is 0 Å². The number of aliphatic hydroxyl groups is 1. The third kappa shape index (κ3) is 6.00. The Morgan fingerprint density at radius 3 is 1.93 bits per heavy atom. The van der Waals surface area contributed by atoms with Crippen molar-refractivity contribution in [2.45, 2.75) is 57.6 Å². The molecule has 0 saturated carbocycles. The predicted octanol–water partition coefficient (Wildman–Crippen LogP) is 5.71. The molecule has 2 aromatic carbocycles. The van der Waals surface area contributed by atoms with E-state index in [0.29, 0.717) is 12.1 Å². The number of halogens is 8. The van der Waals surface area contributed by atoms with Crippen LogP contribution in [0.15, 0.2) is 24.3 Å². The van der Waals surface area contributed by atoms with Crippen molar-refractivity contribution < 1.29 is 48.6 Å². The van der Waals surface area contributed by atoms with Crippen molar-refractivity contribution in [3.05, 3.63) is 58.2 Å². The second-order valence-electron chi connectivity index (χ2n) is 10.1. The van der Waals surface area contributed by atoms with Gasteiger partial charge in [-0.1, -0.05) is 39.0 Å². The Morgan fingerprint density at radius 1 is 0.925 bits per heavy atom. The highest BCUT2D eigenvalue weighted by atomic mass is 32.2. The molecule has 0 radical (unpaired) electrons. The van der Waals surface area contributed by atoms with E-state index in [1.54, 1.807) is 18.7 Å². The van der Waals surface area contributed by atoms with Crippen molar-refractivity contribution in [1.82, 2.24) is 9.21 Å². The molecule has 0 aliphatic carbocycles. The first-order chi connectivity index (χ1) is 18.2. The summed E-state index contributed by atoms with van der Waals surface area (Å²) in [4.78, 5) is 1.75. The number of piperazine rings is 1. The lowest BCUT2D eigenvalue weighted by molar-refractivity contribution is -0.376. The van der Waals surface area contributed by atoms with Crippen molar-refractivity contribution in [3.63, 3.8) is 0 Å². The molecule has 1 aliphatic rings. The van der Waals surface area contributed by atoms with Crippen molar-refractivity contribution in [2.24, 2.45) is 0 Å². The van der Waals surface area contributed by atoms with Crippen LogP contribution >= 0.6 is 0 Å². The number of aryl methyl sites for hydroxylation is 1. The summed E-state index contributed by atoms with van der Waals surface area (Å²) in [6.07, 6.45) is -11.2. The van der Waals surface area contributed by atoms with Crippen molar-refractivity contribution in [3.8, 4) is 11.1 Å². The van der Waals surface area contributed by atoms with Gasteiger partial charge in [-0.2, -0.15) is 30.6 Å². The van der Waals surface area contributed by atoms with Crippen LogP contribution in [0.1, 0.15) is 48.9 Å². The number of hydrogen-bond acceptors (Lipinski definition) is 4. The summed E-state index contributed by atoms with van der Waals surface area (Å²) in [5, 5.41) is 9.81. The van der Waals surface area contributed by atoms with E-state index < -0.39 is 51.1 Å². The Morgan fingerprint density at radius 2 is 1.48 bits per heavy atom. The second-order valence-corrected chi connectivity index (χ2v) is 12.1. The molecular weight excluding hydrogens is 572 g/mol. The zero-order valence-corrected chi connectivity index (χ0v) is 23.0. The van der Waals surface area contributed by atoms with Crippen LogP contribution in [0.3, 0.4) is 0 Å². The van der Waals surface area contributed by atoms with Gasteiger partial charge in [0.1, 0.15) is 11.6 Å². The summed E-state index contributed by atoms with van der Waals surface area (Å²) < 4.78 is 137. The molecule has 1 saturated heterocycles. The fourth-order valence-electron chi connectivity index (χ4n) is 4.93. The lowest BCUT2D eigenvalue weighted by Gasteiger charge is -2.34. The molecule has 0 aromatic heterocycles. The Bertz CT molecular complexity index is 1340. The topological polar surface area (TPSA) is 60.9 Å². The predicted molar refractivity (Wildman–Crippen MR) is 133 cm³/mol. The summed E-state index contributed by atoms with van der Waals surface area (Å²) in [5.41, 5.74) is -7.28. The van der Waals surface area contributed by atoms with E-state index in [1.807, 2.05) is 0 Å². The minimum atomic E-state index is -6.09. The Labute approximate surface area is 227 Å². The van der Waals surface area contributed by atoms with Gasteiger partial charge in [0.05, 0.1) is 6.26 Å². The maximum Gasteiger partial charge on any atom is 0.430 e. The van der Waals surface area contributed by atoms with Gasteiger partial charge in [-0.05, 0) is 29.5 Å². The first kappa shape index (κ1) is 32.2. The van der Waals surface area contributed by atoms with Gasteiger partial charge in [-0.15, -0.1) is 0 Å². The largest absolute Gasteiger partial charge is 0.430 e. The van der Waals surface area contributed by atoms with Gasteiger partial charge in [0.2, 0.25) is 10.0 Å². The molecule has 0 bridgehead atoms. The molecular formula is C26H30F8N2O3S. The zero-order valence-electron chi connectivity index (χ0n) is 22.2. The maximum absolute atomic E-state index is 15.8. The van der Waals surface area contributed by atoms with Crippen LogP contribution in [0, 0.1) is 11.6 Å². The van der Waals surface area contributed by atoms with Crippen molar-refractivity contribution >= 4 is 10.0 Å². The first-order valence-corrected chi connectivity index (χ1v) is 14.3. The third-order valence-electron chi connectivity index (χ3n) is 7.09. The first-order valence-electron chi connectivity index (χ1n) is 12.4. The number of sulfonamides is 1. The van der Waals surface area contributed by atoms with E-state index in [1.165, 1.54) is 11.2 Å². The van der Waals surface area contributed by atoms with Gasteiger partial charge in [-0.3, -0.25) is 4.90 Å². The standard InChI is InChI=1S/C26H30F8N2O3S/c1-5-16-12-18(24(37,25(29,30)31)26(32,33)34)6-7-19(16)22-20(27)13-17(23(28)21(22)15(2)3)14-35-8-10-36(11-9-35)40(4,38)39/h6-7,12-13,15,37H,5,8-11,14H2,1-4H3. The Kier molecular flexibility index (Phi) is 9.01. The lowest BCUT2D eigenvalue weighted by Crippen LogP contribution is -2.53. The highest BCUT2D eigenvalue weighted by Gasteiger charge is 2.71.